The summed E-state index contributed by atoms with van der Waals surface area (Å²) in [6.07, 6.45) is 0. The number of ether oxygens (including phenoxy) is 1. The van der Waals surface area contributed by atoms with Crippen LogP contribution in [0, 0.1) is 11.6 Å². The fraction of sp³-hybridized carbons (Fsp3) is 0.0714. The average molecular weight is 278 g/mol. The van der Waals surface area contributed by atoms with E-state index in [0.717, 1.165) is 18.2 Å². The van der Waals surface area contributed by atoms with Crippen LogP contribution in [0.15, 0.2) is 36.4 Å². The molecule has 0 saturated carbocycles. The third kappa shape index (κ3) is 2.85. The summed E-state index contributed by atoms with van der Waals surface area (Å²) in [6, 6.07) is 7.29. The molecule has 0 atom stereocenters. The molecular formula is C14H12F2N2O2. The molecule has 0 heterocycles. The largest absolute Gasteiger partial charge is 0.497 e. The van der Waals surface area contributed by atoms with Crippen molar-refractivity contribution in [2.75, 3.05) is 18.2 Å². The van der Waals surface area contributed by atoms with Gasteiger partial charge in [-0.3, -0.25) is 4.79 Å². The highest BCUT2D eigenvalue weighted by Crippen LogP contribution is 2.25. The minimum Gasteiger partial charge on any atom is -0.497 e. The molecular weight excluding hydrogens is 266 g/mol. The van der Waals surface area contributed by atoms with Gasteiger partial charge in [-0.15, -0.1) is 0 Å². The Balaban J connectivity index is 2.30. The quantitative estimate of drug-likeness (QED) is 0.848. The Kier molecular flexibility index (Phi) is 3.84. The number of halogens is 2. The van der Waals surface area contributed by atoms with Crippen LogP contribution in [0.5, 0.6) is 5.75 Å². The van der Waals surface area contributed by atoms with Crippen LogP contribution in [0.25, 0.3) is 0 Å². The Morgan fingerprint density at radius 3 is 2.65 bits per heavy atom. The van der Waals surface area contributed by atoms with E-state index < -0.39 is 23.1 Å². The van der Waals surface area contributed by atoms with E-state index in [1.807, 2.05) is 0 Å². The van der Waals surface area contributed by atoms with Gasteiger partial charge in [0.25, 0.3) is 5.91 Å². The SMILES string of the molecule is COc1ccc(N)c(NC(=O)c2cc(F)ccc2F)c1. The van der Waals surface area contributed by atoms with Gasteiger partial charge in [0.1, 0.15) is 17.4 Å². The Labute approximate surface area is 114 Å². The van der Waals surface area contributed by atoms with Crippen LogP contribution in [0.1, 0.15) is 10.4 Å². The summed E-state index contributed by atoms with van der Waals surface area (Å²) in [5, 5.41) is 2.42. The summed E-state index contributed by atoms with van der Waals surface area (Å²) in [5.41, 5.74) is 5.85. The van der Waals surface area contributed by atoms with Crippen molar-refractivity contribution in [3.8, 4) is 5.75 Å². The zero-order chi connectivity index (χ0) is 14.7. The molecule has 20 heavy (non-hydrogen) atoms. The van der Waals surface area contributed by atoms with Gasteiger partial charge < -0.3 is 15.8 Å². The number of anilines is 2. The molecule has 0 aliphatic heterocycles. The molecule has 2 aromatic rings. The Morgan fingerprint density at radius 1 is 1.20 bits per heavy atom. The summed E-state index contributed by atoms with van der Waals surface area (Å²) >= 11 is 0. The lowest BCUT2D eigenvalue weighted by molar-refractivity contribution is 0.102. The highest BCUT2D eigenvalue weighted by Gasteiger charge is 2.14. The smallest absolute Gasteiger partial charge is 0.258 e. The van der Waals surface area contributed by atoms with Crippen LogP contribution in [0.4, 0.5) is 20.2 Å². The molecule has 0 bridgehead atoms. The number of nitrogen functional groups attached to an aromatic ring is 1. The second-order valence-corrected chi connectivity index (χ2v) is 4.03. The van der Waals surface area contributed by atoms with E-state index in [0.29, 0.717) is 5.75 Å². The predicted molar refractivity (Wildman–Crippen MR) is 71.7 cm³/mol. The number of amides is 1. The van der Waals surface area contributed by atoms with E-state index in [-0.39, 0.29) is 11.4 Å². The van der Waals surface area contributed by atoms with Crippen LogP contribution in [-0.4, -0.2) is 13.0 Å². The third-order valence-corrected chi connectivity index (χ3v) is 2.68. The fourth-order valence-corrected chi connectivity index (χ4v) is 1.63. The van der Waals surface area contributed by atoms with Gasteiger partial charge in [0.05, 0.1) is 24.0 Å². The first-order chi connectivity index (χ1) is 9.51. The highest BCUT2D eigenvalue weighted by atomic mass is 19.1. The molecule has 0 fully saturated rings. The fourth-order valence-electron chi connectivity index (χ4n) is 1.63. The van der Waals surface area contributed by atoms with Crippen molar-refractivity contribution in [1.82, 2.24) is 0 Å². The molecule has 0 aliphatic carbocycles. The number of benzene rings is 2. The van der Waals surface area contributed by atoms with Gasteiger partial charge in [-0.25, -0.2) is 8.78 Å². The lowest BCUT2D eigenvalue weighted by Crippen LogP contribution is -2.15. The van der Waals surface area contributed by atoms with Crippen LogP contribution < -0.4 is 15.8 Å². The van der Waals surface area contributed by atoms with Crippen molar-refractivity contribution >= 4 is 17.3 Å². The Morgan fingerprint density at radius 2 is 1.95 bits per heavy atom. The summed E-state index contributed by atoms with van der Waals surface area (Å²) in [7, 11) is 1.46. The lowest BCUT2D eigenvalue weighted by atomic mass is 10.1. The lowest BCUT2D eigenvalue weighted by Gasteiger charge is -2.10. The molecule has 0 aromatic heterocycles. The summed E-state index contributed by atoms with van der Waals surface area (Å²) in [5.74, 6) is -1.82. The van der Waals surface area contributed by atoms with Gasteiger partial charge >= 0.3 is 0 Å². The molecule has 0 aliphatic rings. The number of nitrogens with two attached hydrogens (primary N) is 1. The predicted octanol–water partition coefficient (Wildman–Crippen LogP) is 2.81. The van der Waals surface area contributed by atoms with E-state index in [2.05, 4.69) is 5.32 Å². The number of hydrogen-bond acceptors (Lipinski definition) is 3. The standard InChI is InChI=1S/C14H12F2N2O2/c1-20-9-3-5-12(17)13(7-9)18-14(19)10-6-8(15)2-4-11(10)16/h2-7H,17H2,1H3,(H,18,19). The van der Waals surface area contributed by atoms with E-state index in [1.165, 1.54) is 19.2 Å². The van der Waals surface area contributed by atoms with Gasteiger partial charge in [-0.2, -0.15) is 0 Å². The third-order valence-electron chi connectivity index (χ3n) is 2.68. The zero-order valence-corrected chi connectivity index (χ0v) is 10.6. The topological polar surface area (TPSA) is 64.3 Å². The Bertz CT molecular complexity index is 660. The number of carbonyl (C=O) groups is 1. The molecule has 6 heteroatoms. The zero-order valence-electron chi connectivity index (χ0n) is 10.6. The minimum atomic E-state index is -0.814. The van der Waals surface area contributed by atoms with E-state index in [9.17, 15) is 13.6 Å². The molecule has 0 spiro atoms. The molecule has 0 saturated heterocycles. The second kappa shape index (κ2) is 5.56. The van der Waals surface area contributed by atoms with Gasteiger partial charge in [-0.05, 0) is 30.3 Å². The monoisotopic (exact) mass is 278 g/mol. The molecule has 0 radical (unpaired) electrons. The maximum absolute atomic E-state index is 13.5. The molecule has 1 amide bonds. The van der Waals surface area contributed by atoms with E-state index in [1.54, 1.807) is 6.07 Å². The maximum Gasteiger partial charge on any atom is 0.258 e. The average Bonchev–Trinajstić information content (AvgIpc) is 2.43. The summed E-state index contributed by atoms with van der Waals surface area (Å²) < 4.78 is 31.5. The molecule has 0 unspecified atom stereocenters. The maximum atomic E-state index is 13.5. The first-order valence-electron chi connectivity index (χ1n) is 5.71. The van der Waals surface area contributed by atoms with Crippen molar-refractivity contribution in [3.63, 3.8) is 0 Å². The second-order valence-electron chi connectivity index (χ2n) is 4.03. The molecule has 104 valence electrons. The normalized spacial score (nSPS) is 10.2. The van der Waals surface area contributed by atoms with Crippen LogP contribution >= 0.6 is 0 Å². The van der Waals surface area contributed by atoms with Gasteiger partial charge in [0.15, 0.2) is 0 Å². The van der Waals surface area contributed by atoms with Crippen LogP contribution in [0.2, 0.25) is 0 Å². The number of hydrogen-bond donors (Lipinski definition) is 2. The van der Waals surface area contributed by atoms with Crippen molar-refractivity contribution < 1.29 is 18.3 Å². The molecule has 2 rings (SSSR count). The van der Waals surface area contributed by atoms with Crippen LogP contribution in [0.3, 0.4) is 0 Å². The first kappa shape index (κ1) is 13.8. The van der Waals surface area contributed by atoms with Crippen molar-refractivity contribution in [3.05, 3.63) is 53.6 Å². The van der Waals surface area contributed by atoms with Crippen LogP contribution in [-0.2, 0) is 0 Å². The number of methoxy groups -OCH3 is 1. The van der Waals surface area contributed by atoms with Crippen molar-refractivity contribution in [2.24, 2.45) is 0 Å². The van der Waals surface area contributed by atoms with Gasteiger partial charge in [0, 0.05) is 6.07 Å². The van der Waals surface area contributed by atoms with E-state index >= 15 is 0 Å². The number of carbonyl (C=O) groups excluding carboxylic acids is 1. The molecule has 2 aromatic carbocycles. The number of nitrogens with one attached hydrogen (secondary N) is 1. The van der Waals surface area contributed by atoms with Gasteiger partial charge in [-0.1, -0.05) is 0 Å². The Hall–Kier alpha value is -2.63. The summed E-state index contributed by atoms with van der Waals surface area (Å²) in [4.78, 5) is 11.9. The molecule has 3 N–H and O–H groups in total. The first-order valence-corrected chi connectivity index (χ1v) is 5.71. The highest BCUT2D eigenvalue weighted by molar-refractivity contribution is 6.06. The van der Waals surface area contributed by atoms with Crippen molar-refractivity contribution in [1.29, 1.82) is 0 Å². The van der Waals surface area contributed by atoms with Gasteiger partial charge in [0.2, 0.25) is 0 Å². The minimum absolute atomic E-state index is 0.262. The summed E-state index contributed by atoms with van der Waals surface area (Å²) in [6.45, 7) is 0. The number of rotatable bonds is 3. The van der Waals surface area contributed by atoms with Crippen molar-refractivity contribution in [2.45, 2.75) is 0 Å². The van der Waals surface area contributed by atoms with E-state index in [4.69, 9.17) is 10.5 Å². The molecule has 4 nitrogen and oxygen atoms in total.